The molecule has 0 saturated carbocycles. The number of carbonyl (C=O) groups is 2. The minimum absolute atomic E-state index is 0.0714. The second-order valence-electron chi connectivity index (χ2n) is 5.48. The van der Waals surface area contributed by atoms with Crippen molar-refractivity contribution in [2.24, 2.45) is 5.92 Å². The van der Waals surface area contributed by atoms with Crippen LogP contribution in [0.3, 0.4) is 0 Å². The van der Waals surface area contributed by atoms with Gasteiger partial charge in [-0.1, -0.05) is 13.8 Å². The minimum Gasteiger partial charge on any atom is -0.481 e. The molecule has 0 spiro atoms. The Morgan fingerprint density at radius 3 is 2.40 bits per heavy atom. The number of carboxylic acids is 1. The lowest BCUT2D eigenvalue weighted by molar-refractivity contribution is -0.136. The number of carboxylic acid groups (broad SMARTS) is 1. The first-order valence-electron chi connectivity index (χ1n) is 6.78. The van der Waals surface area contributed by atoms with Crippen molar-refractivity contribution in [2.75, 3.05) is 6.54 Å². The van der Waals surface area contributed by atoms with Crippen LogP contribution >= 0.6 is 0 Å². The Labute approximate surface area is 119 Å². The predicted octanol–water partition coefficient (Wildman–Crippen LogP) is 1.46. The lowest BCUT2D eigenvalue weighted by atomic mass is 10.1. The van der Waals surface area contributed by atoms with Crippen molar-refractivity contribution < 1.29 is 14.7 Å². The summed E-state index contributed by atoms with van der Waals surface area (Å²) in [4.78, 5) is 22.9. The summed E-state index contributed by atoms with van der Waals surface area (Å²) in [5.41, 5.74) is 2.08. The topological polar surface area (TPSA) is 84.2 Å². The van der Waals surface area contributed by atoms with Gasteiger partial charge in [-0.3, -0.25) is 14.3 Å². The van der Waals surface area contributed by atoms with Gasteiger partial charge in [-0.15, -0.1) is 0 Å². The molecule has 0 fully saturated rings. The van der Waals surface area contributed by atoms with Gasteiger partial charge in [-0.2, -0.15) is 5.10 Å². The smallest absolute Gasteiger partial charge is 0.307 e. The average molecular weight is 281 g/mol. The van der Waals surface area contributed by atoms with Crippen LogP contribution in [0.1, 0.15) is 43.8 Å². The molecule has 6 nitrogen and oxygen atoms in total. The molecule has 0 bridgehead atoms. The molecule has 1 rings (SSSR count). The Morgan fingerprint density at radius 2 is 1.90 bits per heavy atom. The number of hydrogen-bond donors (Lipinski definition) is 2. The number of carbonyl (C=O) groups excluding carboxylic acids is 1. The van der Waals surface area contributed by atoms with E-state index in [2.05, 4.69) is 10.4 Å². The van der Waals surface area contributed by atoms with Gasteiger partial charge in [0.2, 0.25) is 5.91 Å². The third kappa shape index (κ3) is 3.82. The van der Waals surface area contributed by atoms with Crippen molar-refractivity contribution in [1.82, 2.24) is 15.1 Å². The van der Waals surface area contributed by atoms with E-state index in [1.165, 1.54) is 0 Å². The first kappa shape index (κ1) is 16.2. The molecular formula is C14H23N3O3. The zero-order chi connectivity index (χ0) is 15.4. The van der Waals surface area contributed by atoms with E-state index in [0.29, 0.717) is 23.7 Å². The van der Waals surface area contributed by atoms with E-state index >= 15 is 0 Å². The number of amides is 1. The van der Waals surface area contributed by atoms with Crippen molar-refractivity contribution in [3.05, 3.63) is 17.0 Å². The van der Waals surface area contributed by atoms with Crippen LogP contribution in [0.15, 0.2) is 0 Å². The molecule has 0 radical (unpaired) electrons. The Morgan fingerprint density at radius 1 is 1.30 bits per heavy atom. The van der Waals surface area contributed by atoms with Gasteiger partial charge in [0.15, 0.2) is 0 Å². The molecule has 2 N–H and O–H groups in total. The first-order valence-corrected chi connectivity index (χ1v) is 6.78. The number of aliphatic carboxylic acids is 1. The molecule has 0 saturated heterocycles. The fourth-order valence-electron chi connectivity index (χ4n) is 2.04. The van der Waals surface area contributed by atoms with Crippen molar-refractivity contribution in [2.45, 2.75) is 47.1 Å². The third-order valence-corrected chi connectivity index (χ3v) is 3.23. The number of nitrogens with zero attached hydrogens (tertiary/aromatic N) is 2. The highest BCUT2D eigenvalue weighted by Gasteiger charge is 2.22. The largest absolute Gasteiger partial charge is 0.481 e. The Hall–Kier alpha value is -1.85. The van der Waals surface area contributed by atoms with Crippen LogP contribution in [-0.2, 0) is 16.0 Å². The molecule has 0 aliphatic heterocycles. The zero-order valence-electron chi connectivity index (χ0n) is 12.7. The normalized spacial score (nSPS) is 12.5. The number of nitrogens with one attached hydrogen (secondary N) is 1. The maximum Gasteiger partial charge on any atom is 0.307 e. The fraction of sp³-hybridized carbons (Fsp3) is 0.643. The van der Waals surface area contributed by atoms with Crippen molar-refractivity contribution in [3.8, 4) is 0 Å². The van der Waals surface area contributed by atoms with Crippen LogP contribution in [0, 0.1) is 19.8 Å². The Balaban J connectivity index is 2.91. The van der Waals surface area contributed by atoms with Gasteiger partial charge in [0.25, 0.3) is 0 Å². The predicted molar refractivity (Wildman–Crippen MR) is 75.6 cm³/mol. The molecule has 0 aliphatic rings. The number of aryl methyl sites for hydroxylation is 1. The SMILES string of the molecule is Cc1nn(C(C)C(=O)NCC(C)C)c(C)c1CC(=O)O. The van der Waals surface area contributed by atoms with Crippen LogP contribution in [0.2, 0.25) is 0 Å². The van der Waals surface area contributed by atoms with Crippen molar-refractivity contribution in [3.63, 3.8) is 0 Å². The Bertz CT molecular complexity index is 506. The minimum atomic E-state index is -0.896. The number of rotatable bonds is 6. The second kappa shape index (κ2) is 6.54. The standard InChI is InChI=1S/C14H23N3O3/c1-8(2)7-15-14(20)11(5)17-10(4)12(6-13(18)19)9(3)16-17/h8,11H,6-7H2,1-5H3,(H,15,20)(H,18,19). The van der Waals surface area contributed by atoms with Crippen molar-refractivity contribution >= 4 is 11.9 Å². The van der Waals surface area contributed by atoms with Crippen LogP contribution < -0.4 is 5.32 Å². The Kier molecular flexibility index (Phi) is 5.30. The van der Waals surface area contributed by atoms with Gasteiger partial charge >= 0.3 is 5.97 Å². The molecule has 0 aromatic carbocycles. The molecule has 20 heavy (non-hydrogen) atoms. The highest BCUT2D eigenvalue weighted by molar-refractivity contribution is 5.80. The maximum absolute atomic E-state index is 12.1. The summed E-state index contributed by atoms with van der Waals surface area (Å²) < 4.78 is 1.60. The average Bonchev–Trinajstić information content (AvgIpc) is 2.62. The summed E-state index contributed by atoms with van der Waals surface area (Å²) in [6.07, 6.45) is -0.0714. The first-order chi connectivity index (χ1) is 9.23. The highest BCUT2D eigenvalue weighted by atomic mass is 16.4. The number of aromatic nitrogens is 2. The summed E-state index contributed by atoms with van der Waals surface area (Å²) in [5.74, 6) is -0.618. The van der Waals surface area contributed by atoms with E-state index in [1.807, 2.05) is 13.8 Å². The van der Waals surface area contributed by atoms with E-state index in [4.69, 9.17) is 5.11 Å². The summed E-state index contributed by atoms with van der Waals surface area (Å²) >= 11 is 0. The van der Waals surface area contributed by atoms with Crippen LogP contribution in [0.25, 0.3) is 0 Å². The van der Waals surface area contributed by atoms with E-state index in [-0.39, 0.29) is 12.3 Å². The van der Waals surface area contributed by atoms with Gasteiger partial charge in [0, 0.05) is 17.8 Å². The summed E-state index contributed by atoms with van der Waals surface area (Å²) in [6, 6.07) is -0.449. The van der Waals surface area contributed by atoms with E-state index in [9.17, 15) is 9.59 Å². The van der Waals surface area contributed by atoms with Gasteiger partial charge in [0.1, 0.15) is 6.04 Å². The highest BCUT2D eigenvalue weighted by Crippen LogP contribution is 2.18. The molecule has 1 atom stereocenters. The second-order valence-corrected chi connectivity index (χ2v) is 5.48. The van der Waals surface area contributed by atoms with Crippen molar-refractivity contribution in [1.29, 1.82) is 0 Å². The molecule has 1 amide bonds. The molecule has 1 heterocycles. The molecule has 6 heteroatoms. The lowest BCUT2D eigenvalue weighted by Gasteiger charge is -2.15. The van der Waals surface area contributed by atoms with Gasteiger partial charge < -0.3 is 10.4 Å². The van der Waals surface area contributed by atoms with Crippen LogP contribution in [-0.4, -0.2) is 33.3 Å². The van der Waals surface area contributed by atoms with Crippen LogP contribution in [0.5, 0.6) is 0 Å². The summed E-state index contributed by atoms with van der Waals surface area (Å²) in [7, 11) is 0. The van der Waals surface area contributed by atoms with E-state index in [1.54, 1.807) is 25.5 Å². The molecule has 0 aliphatic carbocycles. The summed E-state index contributed by atoms with van der Waals surface area (Å²) in [6.45, 7) is 9.99. The number of hydrogen-bond acceptors (Lipinski definition) is 3. The van der Waals surface area contributed by atoms with Crippen LogP contribution in [0.4, 0.5) is 0 Å². The quantitative estimate of drug-likeness (QED) is 0.826. The molecule has 1 aromatic rings. The lowest BCUT2D eigenvalue weighted by Crippen LogP contribution is -2.34. The monoisotopic (exact) mass is 281 g/mol. The molecule has 1 aromatic heterocycles. The molecule has 1 unspecified atom stereocenters. The van der Waals surface area contributed by atoms with Gasteiger partial charge in [-0.05, 0) is 26.7 Å². The third-order valence-electron chi connectivity index (χ3n) is 3.23. The van der Waals surface area contributed by atoms with Gasteiger partial charge in [-0.25, -0.2) is 0 Å². The fourth-order valence-corrected chi connectivity index (χ4v) is 2.04. The molecule has 112 valence electrons. The van der Waals surface area contributed by atoms with E-state index < -0.39 is 12.0 Å². The molecular weight excluding hydrogens is 258 g/mol. The van der Waals surface area contributed by atoms with Gasteiger partial charge in [0.05, 0.1) is 12.1 Å². The zero-order valence-corrected chi connectivity index (χ0v) is 12.7. The van der Waals surface area contributed by atoms with E-state index in [0.717, 1.165) is 5.69 Å². The maximum atomic E-state index is 12.1. The summed E-state index contributed by atoms with van der Waals surface area (Å²) in [5, 5.41) is 16.1.